The van der Waals surface area contributed by atoms with Gasteiger partial charge in [0.25, 0.3) is 0 Å². The van der Waals surface area contributed by atoms with Gasteiger partial charge in [-0.1, -0.05) is 222 Å². The van der Waals surface area contributed by atoms with Crippen LogP contribution in [0.4, 0.5) is 22.7 Å². The summed E-state index contributed by atoms with van der Waals surface area (Å²) in [5.74, 6) is 2.46. The Hall–Kier alpha value is -7.98. The minimum atomic E-state index is -0.442. The molecule has 0 bridgehead atoms. The van der Waals surface area contributed by atoms with Crippen molar-refractivity contribution in [2.75, 3.05) is 9.80 Å². The van der Waals surface area contributed by atoms with Crippen LogP contribution in [-0.2, 0) is 43.7 Å². The van der Waals surface area contributed by atoms with E-state index in [1.807, 2.05) is 55.2 Å². The quantitative estimate of drug-likeness (QED) is 0.121. The van der Waals surface area contributed by atoms with Gasteiger partial charge in [0.15, 0.2) is 0 Å². The van der Waals surface area contributed by atoms with E-state index in [0.717, 1.165) is 95.5 Å². The number of aromatic nitrogens is 2. The second-order valence-corrected chi connectivity index (χ2v) is 25.5. The molecule has 12 rings (SSSR count). The Bertz CT molecular complexity index is 4430. The number of hydrogen-bond acceptors (Lipinski definition) is 4. The molecule has 0 fully saturated rings. The summed E-state index contributed by atoms with van der Waals surface area (Å²) in [6.07, 6.45) is 2.94. The molecule has 83 heavy (non-hydrogen) atoms. The van der Waals surface area contributed by atoms with Gasteiger partial charge in [0.2, 0.25) is 0 Å². The fourth-order valence-corrected chi connectivity index (χ4v) is 11.5. The zero-order valence-electron chi connectivity index (χ0n) is 54.6. The van der Waals surface area contributed by atoms with E-state index in [-0.39, 0.29) is 55.0 Å². The van der Waals surface area contributed by atoms with E-state index in [1.54, 1.807) is 0 Å². The van der Waals surface area contributed by atoms with Crippen LogP contribution < -0.4 is 14.5 Å². The molecule has 1 aliphatic heterocycles. The first-order valence-corrected chi connectivity index (χ1v) is 28.7. The average molecular weight is 1270 g/mol. The molecule has 2 aromatic heterocycles. The van der Waals surface area contributed by atoms with Crippen LogP contribution >= 0.6 is 0 Å². The fraction of sp³-hybridized carbons (Fsp3) is 0.221. The number of pyridine rings is 1. The van der Waals surface area contributed by atoms with Gasteiger partial charge in [-0.2, -0.15) is 6.07 Å². The van der Waals surface area contributed by atoms with Crippen LogP contribution in [0.1, 0.15) is 111 Å². The van der Waals surface area contributed by atoms with Crippen molar-refractivity contribution in [3.8, 4) is 61.8 Å². The maximum Gasteiger partial charge on any atom is 2.00 e. The van der Waals surface area contributed by atoms with Crippen LogP contribution in [0.15, 0.2) is 206 Å². The van der Waals surface area contributed by atoms with Crippen molar-refractivity contribution >= 4 is 44.6 Å². The summed E-state index contributed by atoms with van der Waals surface area (Å²) in [5.41, 5.74) is 17.3. The second kappa shape index (κ2) is 22.3. The third-order valence-electron chi connectivity index (χ3n) is 16.0. The van der Waals surface area contributed by atoms with Crippen molar-refractivity contribution in [3.63, 3.8) is 0 Å². The molecule has 0 atom stereocenters. The maximum absolute atomic E-state index is 9.42. The molecule has 6 heteroatoms. The molecule has 5 nitrogen and oxygen atoms in total. The Morgan fingerprint density at radius 2 is 1.20 bits per heavy atom. The summed E-state index contributed by atoms with van der Waals surface area (Å²) in [6.45, 7) is 28.8. The smallest absolute Gasteiger partial charge is 0.493 e. The van der Waals surface area contributed by atoms with Gasteiger partial charge in [0, 0.05) is 62.0 Å². The van der Waals surface area contributed by atoms with Crippen LogP contribution in [0.25, 0.3) is 72.1 Å². The largest absolute Gasteiger partial charge is 2.00 e. The topological polar surface area (TPSA) is 33.5 Å². The molecule has 418 valence electrons. The van der Waals surface area contributed by atoms with Gasteiger partial charge in [-0.15, -0.1) is 30.6 Å². The molecule has 11 aromatic rings. The minimum Gasteiger partial charge on any atom is -0.493 e. The van der Waals surface area contributed by atoms with E-state index in [9.17, 15) is 2.74 Å². The Morgan fingerprint density at radius 1 is 0.554 bits per heavy atom. The predicted octanol–water partition coefficient (Wildman–Crippen LogP) is 21.2. The van der Waals surface area contributed by atoms with Gasteiger partial charge >= 0.3 is 21.1 Å². The molecule has 0 aliphatic carbocycles. The zero-order chi connectivity index (χ0) is 61.6. The third-order valence-corrected chi connectivity index (χ3v) is 16.0. The fourth-order valence-electron chi connectivity index (χ4n) is 11.5. The number of benzene rings is 9. The summed E-state index contributed by atoms with van der Waals surface area (Å²) < 4.78 is 54.6. The molecule has 0 N–H and O–H groups in total. The van der Waals surface area contributed by atoms with Crippen molar-refractivity contribution < 1.29 is 32.7 Å². The summed E-state index contributed by atoms with van der Waals surface area (Å²) >= 11 is 0. The summed E-state index contributed by atoms with van der Waals surface area (Å²) in [6, 6.07) is 61.2. The first-order valence-electron chi connectivity index (χ1n) is 31.2. The number of aryl methyl sites for hydroxylation is 1. The third kappa shape index (κ3) is 11.1. The first-order chi connectivity index (χ1) is 41.3. The number of fused-ring (bicyclic) bond motifs is 4. The molecule has 0 spiro atoms. The van der Waals surface area contributed by atoms with Gasteiger partial charge in [-0.25, -0.2) is 4.98 Å². The van der Waals surface area contributed by atoms with Gasteiger partial charge < -0.3 is 14.5 Å². The van der Waals surface area contributed by atoms with Crippen molar-refractivity contribution in [2.24, 2.45) is 5.92 Å². The van der Waals surface area contributed by atoms with E-state index in [1.165, 1.54) is 11.1 Å². The zero-order valence-corrected chi connectivity index (χ0v) is 51.9. The van der Waals surface area contributed by atoms with Crippen LogP contribution in [0, 0.1) is 25.6 Å². The van der Waals surface area contributed by atoms with Crippen molar-refractivity contribution in [1.29, 1.82) is 0 Å². The molecule has 0 amide bonds. The Balaban J connectivity index is 0.00000800. The molecule has 0 radical (unpaired) electrons. The normalized spacial score (nSPS) is 13.6. The van der Waals surface area contributed by atoms with E-state index < -0.39 is 18.1 Å². The summed E-state index contributed by atoms with van der Waals surface area (Å²) in [7, 11) is 0. The maximum atomic E-state index is 9.42. The summed E-state index contributed by atoms with van der Waals surface area (Å²) in [4.78, 5) is 9.49. The molecule has 0 unspecified atom stereocenters. The monoisotopic (exact) mass is 1270 g/mol. The number of nitrogens with zero attached hydrogens (tertiary/aromatic N) is 4. The summed E-state index contributed by atoms with van der Waals surface area (Å²) in [5, 5.41) is 2.23. The van der Waals surface area contributed by atoms with Gasteiger partial charge in [0.05, 0.1) is 17.9 Å². The van der Waals surface area contributed by atoms with Gasteiger partial charge in [0.1, 0.15) is 11.6 Å². The van der Waals surface area contributed by atoms with E-state index in [4.69, 9.17) is 13.8 Å². The average Bonchev–Trinajstić information content (AvgIpc) is 1.61. The second-order valence-electron chi connectivity index (χ2n) is 25.5. The van der Waals surface area contributed by atoms with Crippen molar-refractivity contribution in [3.05, 3.63) is 247 Å². The van der Waals surface area contributed by atoms with Crippen molar-refractivity contribution in [2.45, 2.75) is 106 Å². The SMILES string of the molecule is [2H]c1c([2H])c([2H])c(-c2cccc(-c3cc(C(C)(C)C)cc(C(C)(C)C)c3)c2N2[CH-]N(c3[c-]c(Oc4ccc5c6ccccc6n(-c6cc(CC(C)C)c(-c7ccc(C(C)(C)C)cc7)cn6)c5c4C)ccc3)c3ccc(-c4ccccc4)cc32)c([2H])c1[2H].[Pt+2]. The van der Waals surface area contributed by atoms with Gasteiger partial charge in [-0.3, -0.25) is 4.57 Å². The Labute approximate surface area is 513 Å². The molecule has 3 heterocycles. The van der Waals surface area contributed by atoms with Crippen LogP contribution in [-0.4, -0.2) is 9.55 Å². The molecular weight excluding hydrogens is 1190 g/mol. The van der Waals surface area contributed by atoms with Crippen LogP contribution in [0.5, 0.6) is 11.5 Å². The van der Waals surface area contributed by atoms with Gasteiger partial charge in [-0.05, 0) is 122 Å². The number of rotatable bonds is 11. The molecular formula is C77H74N4OPt. The van der Waals surface area contributed by atoms with E-state index in [0.29, 0.717) is 34.4 Å². The molecule has 0 saturated heterocycles. The number of anilines is 4. The number of hydrogen-bond donors (Lipinski definition) is 0. The first kappa shape index (κ1) is 50.7. The van der Waals surface area contributed by atoms with Crippen molar-refractivity contribution in [1.82, 2.24) is 9.55 Å². The number of para-hydroxylation sites is 2. The molecule has 1 aliphatic rings. The molecule has 0 saturated carbocycles. The molecule has 9 aromatic carbocycles. The van der Waals surface area contributed by atoms with E-state index >= 15 is 0 Å². The minimum absolute atomic E-state index is 0. The number of ether oxygens (including phenoxy) is 1. The van der Waals surface area contributed by atoms with E-state index in [2.05, 4.69) is 231 Å². The standard InChI is InChI=1S/C77H74N4O.Pt/c1-50(2)41-56-45-72(78-48-67(56)54-33-36-58(37-34-54)75(4,5)6)81-68-32-20-19-29-65(68)66-38-40-71(51(3)73(66)81)82-62-28-21-27-61(47-62)79-49-80(70-44-55(35-39-69(70)79)52-23-15-13-16-24-52)74-63(53-25-17-14-18-26-53)30-22-31-64(74)57-42-59(76(7,8)9)46-60(43-57)77(10,11)12;/h13-40,42-46,48-50H,41H2,1-12H3;/q-2;+2/i14D,17D,18D,25D,26D;. The van der Waals surface area contributed by atoms with Crippen LogP contribution in [0.2, 0.25) is 0 Å². The predicted molar refractivity (Wildman–Crippen MR) is 347 cm³/mol. The Kier molecular flexibility index (Phi) is 13.6. The van der Waals surface area contributed by atoms with Crippen LogP contribution in [0.3, 0.4) is 0 Å². The Morgan fingerprint density at radius 3 is 1.89 bits per heavy atom.